The predicted octanol–water partition coefficient (Wildman–Crippen LogP) is 1.02. The van der Waals surface area contributed by atoms with Gasteiger partial charge in [-0.15, -0.1) is 0 Å². The maximum atomic E-state index is 10.2. The molecule has 0 unspecified atom stereocenters. The number of rotatable bonds is 4. The third-order valence-corrected chi connectivity index (χ3v) is 3.18. The molecule has 4 heteroatoms. The Hall–Kier alpha value is -0.970. The van der Waals surface area contributed by atoms with Crippen molar-refractivity contribution in [3.63, 3.8) is 0 Å². The van der Waals surface area contributed by atoms with E-state index in [1.54, 1.807) is 0 Å². The van der Waals surface area contributed by atoms with Crippen LogP contribution in [0.1, 0.15) is 24.1 Å². The quantitative estimate of drug-likeness (QED) is 0.819. The molecule has 94 valence electrons. The molecule has 0 amide bonds. The molecule has 2 rings (SSSR count). The van der Waals surface area contributed by atoms with E-state index in [4.69, 9.17) is 4.74 Å². The lowest BCUT2D eigenvalue weighted by molar-refractivity contribution is -0.0617. The Morgan fingerprint density at radius 2 is 2.18 bits per heavy atom. The fourth-order valence-corrected chi connectivity index (χ4v) is 1.97. The van der Waals surface area contributed by atoms with Crippen LogP contribution in [0.15, 0.2) is 18.3 Å². The first-order valence-corrected chi connectivity index (χ1v) is 6.10. The van der Waals surface area contributed by atoms with E-state index in [0.29, 0.717) is 32.6 Å². The molecule has 2 N–H and O–H groups in total. The average molecular weight is 236 g/mol. The fraction of sp³-hybridized carbons (Fsp3) is 0.615. The number of hydrogen-bond acceptors (Lipinski definition) is 4. The van der Waals surface area contributed by atoms with Gasteiger partial charge >= 0.3 is 0 Å². The van der Waals surface area contributed by atoms with Crippen LogP contribution in [0.25, 0.3) is 0 Å². The molecular formula is C13H20N2O2. The van der Waals surface area contributed by atoms with E-state index < -0.39 is 5.60 Å². The zero-order valence-electron chi connectivity index (χ0n) is 10.3. The van der Waals surface area contributed by atoms with Crippen molar-refractivity contribution in [1.82, 2.24) is 10.3 Å². The van der Waals surface area contributed by atoms with Crippen molar-refractivity contribution >= 4 is 0 Å². The van der Waals surface area contributed by atoms with E-state index in [2.05, 4.69) is 16.4 Å². The Kier molecular flexibility index (Phi) is 4.10. The lowest BCUT2D eigenvalue weighted by Gasteiger charge is -2.32. The van der Waals surface area contributed by atoms with Crippen molar-refractivity contribution in [2.45, 2.75) is 31.9 Å². The molecule has 0 saturated carbocycles. The second kappa shape index (κ2) is 5.58. The van der Waals surface area contributed by atoms with E-state index in [0.717, 1.165) is 17.8 Å². The highest BCUT2D eigenvalue weighted by molar-refractivity contribution is 5.12. The van der Waals surface area contributed by atoms with Crippen LogP contribution < -0.4 is 5.32 Å². The molecule has 0 bridgehead atoms. The maximum absolute atomic E-state index is 10.2. The number of nitrogens with zero attached hydrogens (tertiary/aromatic N) is 1. The molecule has 0 radical (unpaired) electrons. The summed E-state index contributed by atoms with van der Waals surface area (Å²) < 4.78 is 5.24. The minimum Gasteiger partial charge on any atom is -0.388 e. The fourth-order valence-electron chi connectivity index (χ4n) is 1.97. The predicted molar refractivity (Wildman–Crippen MR) is 65.7 cm³/mol. The van der Waals surface area contributed by atoms with Gasteiger partial charge in [-0.1, -0.05) is 6.07 Å². The summed E-state index contributed by atoms with van der Waals surface area (Å²) in [6.07, 6.45) is 3.30. The van der Waals surface area contributed by atoms with Crippen LogP contribution in [-0.4, -0.2) is 35.5 Å². The lowest BCUT2D eigenvalue weighted by Crippen LogP contribution is -2.44. The molecule has 2 heterocycles. The first-order chi connectivity index (χ1) is 8.18. The van der Waals surface area contributed by atoms with Crippen LogP contribution in [0.5, 0.6) is 0 Å². The summed E-state index contributed by atoms with van der Waals surface area (Å²) in [6.45, 7) is 4.65. The minimum absolute atomic E-state index is 0.601. The number of pyridine rings is 1. The first-order valence-electron chi connectivity index (χ1n) is 6.10. The van der Waals surface area contributed by atoms with Gasteiger partial charge in [0.1, 0.15) is 0 Å². The number of aliphatic hydroxyl groups is 1. The highest BCUT2D eigenvalue weighted by Gasteiger charge is 2.28. The maximum Gasteiger partial charge on any atom is 0.0815 e. The molecular weight excluding hydrogens is 216 g/mol. The monoisotopic (exact) mass is 236 g/mol. The van der Waals surface area contributed by atoms with Gasteiger partial charge < -0.3 is 15.2 Å². The first kappa shape index (κ1) is 12.5. The van der Waals surface area contributed by atoms with E-state index in [1.807, 2.05) is 19.2 Å². The Morgan fingerprint density at radius 1 is 1.41 bits per heavy atom. The van der Waals surface area contributed by atoms with Gasteiger partial charge in [0.2, 0.25) is 0 Å². The van der Waals surface area contributed by atoms with Gasteiger partial charge in [0.25, 0.3) is 0 Å². The zero-order chi connectivity index (χ0) is 12.1. The Bertz CT molecular complexity index is 345. The molecule has 1 aromatic rings. The molecule has 1 aromatic heterocycles. The summed E-state index contributed by atoms with van der Waals surface area (Å²) in [5.74, 6) is 0. The second-order valence-electron chi connectivity index (χ2n) is 4.75. The smallest absolute Gasteiger partial charge is 0.0815 e. The minimum atomic E-state index is -0.601. The van der Waals surface area contributed by atoms with Gasteiger partial charge in [-0.25, -0.2) is 0 Å². The van der Waals surface area contributed by atoms with Crippen molar-refractivity contribution < 1.29 is 9.84 Å². The van der Waals surface area contributed by atoms with E-state index >= 15 is 0 Å². The van der Waals surface area contributed by atoms with Gasteiger partial charge in [0, 0.05) is 51.0 Å². The SMILES string of the molecule is Cc1ccc(CNCC2(O)CCOCC2)cn1. The molecule has 4 nitrogen and oxygen atoms in total. The highest BCUT2D eigenvalue weighted by atomic mass is 16.5. The summed E-state index contributed by atoms with van der Waals surface area (Å²) >= 11 is 0. The van der Waals surface area contributed by atoms with Crippen LogP contribution in [0.3, 0.4) is 0 Å². The second-order valence-corrected chi connectivity index (χ2v) is 4.75. The van der Waals surface area contributed by atoms with Crippen LogP contribution in [0.4, 0.5) is 0 Å². The molecule has 1 fully saturated rings. The number of aromatic nitrogens is 1. The van der Waals surface area contributed by atoms with E-state index in [1.165, 1.54) is 0 Å². The topological polar surface area (TPSA) is 54.4 Å². The molecule has 17 heavy (non-hydrogen) atoms. The van der Waals surface area contributed by atoms with Crippen LogP contribution in [-0.2, 0) is 11.3 Å². The van der Waals surface area contributed by atoms with E-state index in [-0.39, 0.29) is 0 Å². The van der Waals surface area contributed by atoms with Crippen LogP contribution >= 0.6 is 0 Å². The zero-order valence-corrected chi connectivity index (χ0v) is 10.3. The van der Waals surface area contributed by atoms with Crippen LogP contribution in [0, 0.1) is 6.92 Å². The average Bonchev–Trinajstić information content (AvgIpc) is 2.32. The summed E-state index contributed by atoms with van der Waals surface area (Å²) in [6, 6.07) is 4.06. The summed E-state index contributed by atoms with van der Waals surface area (Å²) in [4.78, 5) is 4.24. The van der Waals surface area contributed by atoms with Crippen molar-refractivity contribution in [1.29, 1.82) is 0 Å². The normalized spacial score (nSPS) is 19.2. The molecule has 0 spiro atoms. The number of aryl methyl sites for hydroxylation is 1. The standard InChI is InChI=1S/C13H20N2O2/c1-11-2-3-12(9-15-11)8-14-10-13(16)4-6-17-7-5-13/h2-3,9,14,16H,4-8,10H2,1H3. The van der Waals surface area contributed by atoms with Crippen LogP contribution in [0.2, 0.25) is 0 Å². The molecule has 0 aliphatic carbocycles. The highest BCUT2D eigenvalue weighted by Crippen LogP contribution is 2.19. The largest absolute Gasteiger partial charge is 0.388 e. The van der Waals surface area contributed by atoms with Crippen molar-refractivity contribution in [2.24, 2.45) is 0 Å². The number of ether oxygens (including phenoxy) is 1. The Labute approximate surface area is 102 Å². The molecule has 0 atom stereocenters. The molecule has 0 aromatic carbocycles. The third-order valence-electron chi connectivity index (χ3n) is 3.18. The van der Waals surface area contributed by atoms with Gasteiger partial charge in [0.05, 0.1) is 5.60 Å². The molecule has 1 aliphatic heterocycles. The number of hydrogen-bond donors (Lipinski definition) is 2. The van der Waals surface area contributed by atoms with Gasteiger partial charge in [-0.3, -0.25) is 4.98 Å². The summed E-state index contributed by atoms with van der Waals surface area (Å²) in [5, 5.41) is 13.5. The van der Waals surface area contributed by atoms with E-state index in [9.17, 15) is 5.11 Å². The van der Waals surface area contributed by atoms with Crippen molar-refractivity contribution in [3.8, 4) is 0 Å². The third kappa shape index (κ3) is 3.77. The van der Waals surface area contributed by atoms with Gasteiger partial charge in [-0.05, 0) is 18.6 Å². The van der Waals surface area contributed by atoms with Gasteiger partial charge in [-0.2, -0.15) is 0 Å². The summed E-state index contributed by atoms with van der Waals surface area (Å²) in [5.41, 5.74) is 1.57. The van der Waals surface area contributed by atoms with Crippen molar-refractivity contribution in [2.75, 3.05) is 19.8 Å². The number of nitrogens with one attached hydrogen (secondary N) is 1. The molecule has 1 aliphatic rings. The Balaban J connectivity index is 1.77. The molecule has 1 saturated heterocycles. The summed E-state index contributed by atoms with van der Waals surface area (Å²) in [7, 11) is 0. The van der Waals surface area contributed by atoms with Gasteiger partial charge in [0.15, 0.2) is 0 Å². The Morgan fingerprint density at radius 3 is 2.82 bits per heavy atom. The van der Waals surface area contributed by atoms with Crippen molar-refractivity contribution in [3.05, 3.63) is 29.6 Å². The lowest BCUT2D eigenvalue weighted by atomic mass is 9.94.